The molecular formula is C14H15F3O3. The summed E-state index contributed by atoms with van der Waals surface area (Å²) < 4.78 is 46.4. The molecule has 1 aliphatic rings. The smallest absolute Gasteiger partial charge is 0.422 e. The minimum atomic E-state index is -4.40. The Labute approximate surface area is 114 Å². The molecule has 0 unspecified atom stereocenters. The number of rotatable bonds is 5. The highest BCUT2D eigenvalue weighted by molar-refractivity contribution is 5.90. The van der Waals surface area contributed by atoms with Crippen LogP contribution in [0.2, 0.25) is 0 Å². The minimum absolute atomic E-state index is 0.121. The molecule has 0 spiro atoms. The van der Waals surface area contributed by atoms with Crippen molar-refractivity contribution in [3.8, 4) is 5.75 Å². The van der Waals surface area contributed by atoms with Crippen LogP contribution in [0, 0.1) is 0 Å². The van der Waals surface area contributed by atoms with E-state index in [2.05, 4.69) is 0 Å². The molecule has 0 amide bonds. The van der Waals surface area contributed by atoms with Gasteiger partial charge in [-0.2, -0.15) is 13.2 Å². The zero-order valence-corrected chi connectivity index (χ0v) is 11.0. The van der Waals surface area contributed by atoms with E-state index in [0.717, 1.165) is 18.4 Å². The van der Waals surface area contributed by atoms with Gasteiger partial charge >= 0.3 is 12.1 Å². The standard InChI is InChI=1S/C14H15F3O3/c1-2-19-13(18)10-5-6-11(9-3-4-9)12(7-10)20-8-14(15,16)17/h5-7,9H,2-4,8H2,1H3. The van der Waals surface area contributed by atoms with E-state index >= 15 is 0 Å². The number of ether oxygens (including phenoxy) is 2. The summed E-state index contributed by atoms with van der Waals surface area (Å²) in [6.45, 7) is 0.512. The first-order chi connectivity index (χ1) is 9.40. The number of carbonyl (C=O) groups excluding carboxylic acids is 1. The van der Waals surface area contributed by atoms with Gasteiger partial charge in [0.25, 0.3) is 0 Å². The van der Waals surface area contributed by atoms with Crippen LogP contribution in [0.4, 0.5) is 13.2 Å². The van der Waals surface area contributed by atoms with Gasteiger partial charge in [-0.3, -0.25) is 0 Å². The zero-order chi connectivity index (χ0) is 14.8. The molecule has 20 heavy (non-hydrogen) atoms. The van der Waals surface area contributed by atoms with E-state index in [1.54, 1.807) is 19.1 Å². The maximum atomic E-state index is 12.3. The van der Waals surface area contributed by atoms with Gasteiger partial charge in [0, 0.05) is 0 Å². The Bertz CT molecular complexity index is 493. The molecule has 0 bridgehead atoms. The number of hydrogen-bond donors (Lipinski definition) is 0. The van der Waals surface area contributed by atoms with Gasteiger partial charge in [0.2, 0.25) is 0 Å². The second-order valence-corrected chi connectivity index (χ2v) is 4.65. The largest absolute Gasteiger partial charge is 0.484 e. The van der Waals surface area contributed by atoms with Gasteiger partial charge in [0.1, 0.15) is 5.75 Å². The molecule has 1 fully saturated rings. The van der Waals surface area contributed by atoms with Crippen LogP contribution in [0.3, 0.4) is 0 Å². The Morgan fingerprint density at radius 2 is 2.05 bits per heavy atom. The summed E-state index contributed by atoms with van der Waals surface area (Å²) in [5.41, 5.74) is 0.927. The molecule has 0 saturated heterocycles. The molecule has 0 radical (unpaired) electrons. The third-order valence-corrected chi connectivity index (χ3v) is 2.93. The number of hydrogen-bond acceptors (Lipinski definition) is 3. The van der Waals surface area contributed by atoms with Crippen LogP contribution in [0.1, 0.15) is 41.6 Å². The summed E-state index contributed by atoms with van der Waals surface area (Å²) in [6, 6.07) is 4.54. The van der Waals surface area contributed by atoms with Gasteiger partial charge < -0.3 is 9.47 Å². The highest BCUT2D eigenvalue weighted by atomic mass is 19.4. The highest BCUT2D eigenvalue weighted by Gasteiger charge is 2.31. The van der Waals surface area contributed by atoms with E-state index in [9.17, 15) is 18.0 Å². The molecule has 6 heteroatoms. The van der Waals surface area contributed by atoms with Crippen molar-refractivity contribution in [1.82, 2.24) is 0 Å². The van der Waals surface area contributed by atoms with Crippen molar-refractivity contribution in [3.63, 3.8) is 0 Å². The van der Waals surface area contributed by atoms with Crippen LogP contribution in [0.5, 0.6) is 5.75 Å². The SMILES string of the molecule is CCOC(=O)c1ccc(C2CC2)c(OCC(F)(F)F)c1. The average molecular weight is 288 g/mol. The Kier molecular flexibility index (Phi) is 4.20. The van der Waals surface area contributed by atoms with Crippen LogP contribution in [-0.2, 0) is 4.74 Å². The number of alkyl halides is 3. The summed E-state index contributed by atoms with van der Waals surface area (Å²) in [5, 5.41) is 0. The first kappa shape index (κ1) is 14.7. The van der Waals surface area contributed by atoms with Crippen LogP contribution in [-0.4, -0.2) is 25.4 Å². The number of esters is 1. The van der Waals surface area contributed by atoms with Crippen molar-refractivity contribution in [2.75, 3.05) is 13.2 Å². The normalized spacial score (nSPS) is 15.0. The van der Waals surface area contributed by atoms with Gasteiger partial charge in [-0.1, -0.05) is 6.07 Å². The van der Waals surface area contributed by atoms with Crippen molar-refractivity contribution in [2.24, 2.45) is 0 Å². The maximum absolute atomic E-state index is 12.3. The summed E-state index contributed by atoms with van der Waals surface area (Å²) in [5.74, 6) is -0.212. The Morgan fingerprint density at radius 3 is 2.60 bits per heavy atom. The Balaban J connectivity index is 2.20. The van der Waals surface area contributed by atoms with Gasteiger partial charge in [0.05, 0.1) is 12.2 Å². The topological polar surface area (TPSA) is 35.5 Å². The highest BCUT2D eigenvalue weighted by Crippen LogP contribution is 2.44. The Morgan fingerprint density at radius 1 is 1.35 bits per heavy atom. The molecule has 3 nitrogen and oxygen atoms in total. The van der Waals surface area contributed by atoms with Crippen LogP contribution >= 0.6 is 0 Å². The van der Waals surface area contributed by atoms with Crippen LogP contribution < -0.4 is 4.74 Å². The van der Waals surface area contributed by atoms with E-state index in [1.165, 1.54) is 6.07 Å². The summed E-state index contributed by atoms with van der Waals surface area (Å²) in [7, 11) is 0. The van der Waals surface area contributed by atoms with Crippen LogP contribution in [0.25, 0.3) is 0 Å². The molecule has 0 aliphatic heterocycles. The third kappa shape index (κ3) is 3.88. The zero-order valence-electron chi connectivity index (χ0n) is 11.0. The van der Waals surface area contributed by atoms with E-state index in [-0.39, 0.29) is 23.8 Å². The van der Waals surface area contributed by atoms with Crippen molar-refractivity contribution >= 4 is 5.97 Å². The fourth-order valence-corrected chi connectivity index (χ4v) is 1.89. The minimum Gasteiger partial charge on any atom is -0.484 e. The first-order valence-corrected chi connectivity index (χ1v) is 6.41. The maximum Gasteiger partial charge on any atom is 0.422 e. The summed E-state index contributed by atoms with van der Waals surface area (Å²) >= 11 is 0. The van der Waals surface area contributed by atoms with E-state index in [1.807, 2.05) is 0 Å². The predicted molar refractivity (Wildman–Crippen MR) is 65.9 cm³/mol. The second kappa shape index (κ2) is 5.73. The van der Waals surface area contributed by atoms with Gasteiger partial charge in [-0.05, 0) is 43.4 Å². The van der Waals surface area contributed by atoms with Gasteiger partial charge in [0.15, 0.2) is 6.61 Å². The summed E-state index contributed by atoms with van der Waals surface area (Å²) in [6.07, 6.45) is -2.54. The van der Waals surface area contributed by atoms with Gasteiger partial charge in [-0.25, -0.2) is 4.79 Å². The van der Waals surface area contributed by atoms with Crippen LogP contribution in [0.15, 0.2) is 18.2 Å². The molecule has 0 heterocycles. The second-order valence-electron chi connectivity index (χ2n) is 4.65. The lowest BCUT2D eigenvalue weighted by Crippen LogP contribution is -2.20. The molecule has 0 aromatic heterocycles. The fraction of sp³-hybridized carbons (Fsp3) is 0.500. The van der Waals surface area contributed by atoms with Gasteiger partial charge in [-0.15, -0.1) is 0 Å². The molecule has 0 N–H and O–H groups in total. The van der Waals surface area contributed by atoms with Crippen molar-refractivity contribution < 1.29 is 27.4 Å². The molecule has 1 aromatic carbocycles. The average Bonchev–Trinajstić information content (AvgIpc) is 3.19. The molecule has 0 atom stereocenters. The van der Waals surface area contributed by atoms with E-state index in [4.69, 9.17) is 9.47 Å². The molecule has 110 valence electrons. The lowest BCUT2D eigenvalue weighted by atomic mass is 10.1. The summed E-state index contributed by atoms with van der Waals surface area (Å²) in [4.78, 5) is 11.6. The Hall–Kier alpha value is -1.72. The lowest BCUT2D eigenvalue weighted by Gasteiger charge is -2.14. The molecule has 1 saturated carbocycles. The van der Waals surface area contributed by atoms with E-state index in [0.29, 0.717) is 0 Å². The lowest BCUT2D eigenvalue weighted by molar-refractivity contribution is -0.153. The van der Waals surface area contributed by atoms with Crippen molar-refractivity contribution in [2.45, 2.75) is 31.9 Å². The molecule has 1 aliphatic carbocycles. The van der Waals surface area contributed by atoms with Crippen molar-refractivity contribution in [3.05, 3.63) is 29.3 Å². The first-order valence-electron chi connectivity index (χ1n) is 6.41. The number of benzene rings is 1. The fourth-order valence-electron chi connectivity index (χ4n) is 1.89. The van der Waals surface area contributed by atoms with Crippen molar-refractivity contribution in [1.29, 1.82) is 0 Å². The molecule has 1 aromatic rings. The molecular weight excluding hydrogens is 273 g/mol. The number of halogens is 3. The number of carbonyl (C=O) groups is 1. The monoisotopic (exact) mass is 288 g/mol. The van der Waals surface area contributed by atoms with E-state index < -0.39 is 18.8 Å². The molecule has 2 rings (SSSR count). The quantitative estimate of drug-likeness (QED) is 0.775. The predicted octanol–water partition coefficient (Wildman–Crippen LogP) is 3.68. The third-order valence-electron chi connectivity index (χ3n) is 2.93.